The Bertz CT molecular complexity index is 531. The van der Waals surface area contributed by atoms with E-state index in [2.05, 4.69) is 0 Å². The van der Waals surface area contributed by atoms with Crippen LogP contribution >= 0.6 is 11.3 Å². The quantitative estimate of drug-likeness (QED) is 0.849. The molecule has 0 aliphatic carbocycles. The summed E-state index contributed by atoms with van der Waals surface area (Å²) < 4.78 is 26.2. The summed E-state index contributed by atoms with van der Waals surface area (Å²) in [7, 11) is -3.40. The highest BCUT2D eigenvalue weighted by Crippen LogP contribution is 2.28. The maximum Gasteiger partial charge on any atom is 0.244 e. The molecular formula is C11H15NO3S2. The number of sulfonamides is 1. The SMILES string of the molecule is Cc1sc(CO)cc1S(=O)(=O)N1CC=CCC1. The van der Waals surface area contributed by atoms with Gasteiger partial charge in [-0.25, -0.2) is 8.42 Å². The van der Waals surface area contributed by atoms with Crippen molar-refractivity contribution >= 4 is 21.4 Å². The van der Waals surface area contributed by atoms with Crippen LogP contribution in [0.25, 0.3) is 0 Å². The summed E-state index contributed by atoms with van der Waals surface area (Å²) >= 11 is 1.33. The lowest BCUT2D eigenvalue weighted by molar-refractivity contribution is 0.285. The molecule has 6 heteroatoms. The van der Waals surface area contributed by atoms with Crippen LogP contribution in [0.5, 0.6) is 0 Å². The molecule has 2 heterocycles. The van der Waals surface area contributed by atoms with Gasteiger partial charge in [-0.3, -0.25) is 0 Å². The molecule has 0 amide bonds. The molecule has 1 N–H and O–H groups in total. The molecule has 1 aromatic rings. The van der Waals surface area contributed by atoms with E-state index in [0.717, 1.165) is 11.3 Å². The number of aliphatic hydroxyl groups excluding tert-OH is 1. The van der Waals surface area contributed by atoms with Gasteiger partial charge in [-0.05, 0) is 19.4 Å². The molecule has 0 atom stereocenters. The Kier molecular flexibility index (Phi) is 3.67. The molecule has 1 aliphatic rings. The van der Waals surface area contributed by atoms with Crippen LogP contribution in [0, 0.1) is 6.92 Å². The average molecular weight is 273 g/mol. The summed E-state index contributed by atoms with van der Waals surface area (Å²) in [4.78, 5) is 1.76. The Balaban J connectivity index is 2.36. The molecule has 1 aromatic heterocycles. The first-order chi connectivity index (χ1) is 8.05. The van der Waals surface area contributed by atoms with E-state index in [1.165, 1.54) is 15.6 Å². The third-order valence-corrected chi connectivity index (χ3v) is 5.87. The number of nitrogens with zero attached hydrogens (tertiary/aromatic N) is 1. The summed E-state index contributed by atoms with van der Waals surface area (Å²) in [5.74, 6) is 0. The predicted molar refractivity (Wildman–Crippen MR) is 67.5 cm³/mol. The van der Waals surface area contributed by atoms with E-state index in [1.807, 2.05) is 12.2 Å². The predicted octanol–water partition coefficient (Wildman–Crippen LogP) is 1.50. The Hall–Kier alpha value is -0.690. The van der Waals surface area contributed by atoms with Crippen molar-refractivity contribution in [3.05, 3.63) is 28.0 Å². The lowest BCUT2D eigenvalue weighted by Crippen LogP contribution is -2.33. The van der Waals surface area contributed by atoms with Gasteiger partial charge in [0.05, 0.1) is 11.5 Å². The van der Waals surface area contributed by atoms with Gasteiger partial charge in [-0.2, -0.15) is 4.31 Å². The van der Waals surface area contributed by atoms with E-state index in [4.69, 9.17) is 5.11 Å². The van der Waals surface area contributed by atoms with Crippen LogP contribution in [-0.4, -0.2) is 30.9 Å². The number of aryl methyl sites for hydroxylation is 1. The molecule has 2 rings (SSSR count). The topological polar surface area (TPSA) is 57.6 Å². The molecule has 1 aliphatic heterocycles. The largest absolute Gasteiger partial charge is 0.391 e. The van der Waals surface area contributed by atoms with E-state index in [0.29, 0.717) is 22.9 Å². The van der Waals surface area contributed by atoms with Gasteiger partial charge in [-0.1, -0.05) is 12.2 Å². The highest BCUT2D eigenvalue weighted by Gasteiger charge is 2.27. The number of rotatable bonds is 3. The molecular weight excluding hydrogens is 258 g/mol. The Labute approximate surface area is 105 Å². The maximum absolute atomic E-state index is 12.4. The van der Waals surface area contributed by atoms with Crippen molar-refractivity contribution in [1.82, 2.24) is 4.31 Å². The third-order valence-electron chi connectivity index (χ3n) is 2.72. The minimum Gasteiger partial charge on any atom is -0.391 e. The second-order valence-electron chi connectivity index (χ2n) is 3.91. The summed E-state index contributed by atoms with van der Waals surface area (Å²) in [5, 5.41) is 9.04. The monoisotopic (exact) mass is 273 g/mol. The Morgan fingerprint density at radius 3 is 2.76 bits per heavy atom. The van der Waals surface area contributed by atoms with Crippen LogP contribution in [0.2, 0.25) is 0 Å². The van der Waals surface area contributed by atoms with Crippen molar-refractivity contribution in [1.29, 1.82) is 0 Å². The van der Waals surface area contributed by atoms with E-state index < -0.39 is 10.0 Å². The van der Waals surface area contributed by atoms with Crippen molar-refractivity contribution in [3.63, 3.8) is 0 Å². The fourth-order valence-corrected chi connectivity index (χ4v) is 4.71. The minimum atomic E-state index is -3.40. The smallest absolute Gasteiger partial charge is 0.244 e. The highest BCUT2D eigenvalue weighted by atomic mass is 32.2. The van der Waals surface area contributed by atoms with Gasteiger partial charge in [-0.15, -0.1) is 11.3 Å². The van der Waals surface area contributed by atoms with E-state index >= 15 is 0 Å². The standard InChI is InChI=1S/C11H15NO3S2/c1-9-11(7-10(8-13)16-9)17(14,15)12-5-3-2-4-6-12/h2-3,7,13H,4-6,8H2,1H3. The van der Waals surface area contributed by atoms with Gasteiger partial charge < -0.3 is 5.11 Å². The molecule has 0 saturated heterocycles. The molecule has 0 fully saturated rings. The number of thiophene rings is 1. The zero-order valence-corrected chi connectivity index (χ0v) is 11.2. The fourth-order valence-electron chi connectivity index (χ4n) is 1.84. The molecule has 0 bridgehead atoms. The van der Waals surface area contributed by atoms with Crippen LogP contribution in [0.1, 0.15) is 16.2 Å². The van der Waals surface area contributed by atoms with Crippen molar-refractivity contribution < 1.29 is 13.5 Å². The van der Waals surface area contributed by atoms with Gasteiger partial charge in [0, 0.05) is 22.8 Å². The molecule has 94 valence electrons. The zero-order chi connectivity index (χ0) is 12.5. The average Bonchev–Trinajstić information content (AvgIpc) is 2.72. The summed E-state index contributed by atoms with van der Waals surface area (Å²) in [6, 6.07) is 1.58. The van der Waals surface area contributed by atoms with Crippen LogP contribution in [0.15, 0.2) is 23.1 Å². The fraction of sp³-hybridized carbons (Fsp3) is 0.455. The Morgan fingerprint density at radius 2 is 2.24 bits per heavy atom. The first kappa shape index (κ1) is 12.8. The summed E-state index contributed by atoms with van der Waals surface area (Å²) in [6.07, 6.45) is 4.62. The van der Waals surface area contributed by atoms with Gasteiger partial charge in [0.2, 0.25) is 10.0 Å². The zero-order valence-electron chi connectivity index (χ0n) is 9.59. The molecule has 0 saturated carbocycles. The van der Waals surface area contributed by atoms with Gasteiger partial charge in [0.15, 0.2) is 0 Å². The lowest BCUT2D eigenvalue weighted by atomic mass is 10.3. The second-order valence-corrected chi connectivity index (χ2v) is 7.16. The first-order valence-electron chi connectivity index (χ1n) is 5.41. The summed E-state index contributed by atoms with van der Waals surface area (Å²) in [6.45, 7) is 2.63. The normalized spacial score (nSPS) is 17.5. The molecule has 0 unspecified atom stereocenters. The van der Waals surface area contributed by atoms with Gasteiger partial charge in [0.25, 0.3) is 0 Å². The number of hydrogen-bond acceptors (Lipinski definition) is 4. The van der Waals surface area contributed by atoms with Crippen LogP contribution in [0.3, 0.4) is 0 Å². The van der Waals surface area contributed by atoms with E-state index in [1.54, 1.807) is 13.0 Å². The van der Waals surface area contributed by atoms with Crippen molar-refractivity contribution in [3.8, 4) is 0 Å². The number of aliphatic hydroxyl groups is 1. The highest BCUT2D eigenvalue weighted by molar-refractivity contribution is 7.89. The Morgan fingerprint density at radius 1 is 1.47 bits per heavy atom. The number of hydrogen-bond donors (Lipinski definition) is 1. The third kappa shape index (κ3) is 2.44. The molecule has 4 nitrogen and oxygen atoms in total. The van der Waals surface area contributed by atoms with Crippen molar-refractivity contribution in [2.45, 2.75) is 24.8 Å². The lowest BCUT2D eigenvalue weighted by Gasteiger charge is -2.22. The molecule has 0 aromatic carbocycles. The maximum atomic E-state index is 12.4. The first-order valence-corrected chi connectivity index (χ1v) is 7.66. The van der Waals surface area contributed by atoms with Crippen molar-refractivity contribution in [2.75, 3.05) is 13.1 Å². The summed E-state index contributed by atoms with van der Waals surface area (Å²) in [5.41, 5.74) is 0. The van der Waals surface area contributed by atoms with Crippen molar-refractivity contribution in [2.24, 2.45) is 0 Å². The van der Waals surface area contributed by atoms with Crippen LogP contribution < -0.4 is 0 Å². The van der Waals surface area contributed by atoms with Gasteiger partial charge in [0.1, 0.15) is 0 Å². The van der Waals surface area contributed by atoms with Crippen LogP contribution in [-0.2, 0) is 16.6 Å². The molecule has 17 heavy (non-hydrogen) atoms. The van der Waals surface area contributed by atoms with Gasteiger partial charge >= 0.3 is 0 Å². The van der Waals surface area contributed by atoms with E-state index in [-0.39, 0.29) is 6.61 Å². The minimum absolute atomic E-state index is 0.110. The molecule has 0 spiro atoms. The second kappa shape index (κ2) is 4.89. The molecule has 0 radical (unpaired) electrons. The van der Waals surface area contributed by atoms with E-state index in [9.17, 15) is 8.42 Å². The van der Waals surface area contributed by atoms with Crippen LogP contribution in [0.4, 0.5) is 0 Å².